The van der Waals surface area contributed by atoms with Gasteiger partial charge in [-0.15, -0.1) is 0 Å². The van der Waals surface area contributed by atoms with Gasteiger partial charge in [-0.3, -0.25) is 9.69 Å². The quantitative estimate of drug-likeness (QED) is 0.652. The number of rotatable bonds is 2. The third-order valence-electron chi connectivity index (χ3n) is 5.87. The maximum absolute atomic E-state index is 13.0. The van der Waals surface area contributed by atoms with Crippen molar-refractivity contribution >= 4 is 40.3 Å². The Labute approximate surface area is 159 Å². The van der Waals surface area contributed by atoms with Crippen LogP contribution in [0.25, 0.3) is 0 Å². The summed E-state index contributed by atoms with van der Waals surface area (Å²) in [6.45, 7) is 2.58. The molecule has 1 unspecified atom stereocenters. The van der Waals surface area contributed by atoms with Crippen LogP contribution in [0.4, 0.5) is 10.5 Å². The molecule has 5 rings (SSSR count). The summed E-state index contributed by atoms with van der Waals surface area (Å²) >= 11 is 2.28. The van der Waals surface area contributed by atoms with E-state index in [9.17, 15) is 9.59 Å². The lowest BCUT2D eigenvalue weighted by Crippen LogP contribution is -2.50. The first-order valence-electron chi connectivity index (χ1n) is 8.49. The molecule has 1 aromatic rings. The van der Waals surface area contributed by atoms with Crippen molar-refractivity contribution < 1.29 is 14.3 Å². The Kier molecular flexibility index (Phi) is 3.14. The average Bonchev–Trinajstić information content (AvgIpc) is 3.20. The maximum Gasteiger partial charge on any atom is 0.415 e. The third-order valence-corrected chi connectivity index (χ3v) is 6.84. The van der Waals surface area contributed by atoms with Crippen molar-refractivity contribution in [2.75, 3.05) is 11.4 Å². The number of allylic oxidation sites excluding steroid dienone is 1. The first-order valence-corrected chi connectivity index (χ1v) is 9.57. The van der Waals surface area contributed by atoms with Gasteiger partial charge in [-0.2, -0.15) is 0 Å². The molecule has 1 aromatic carbocycles. The molecule has 6 heteroatoms. The van der Waals surface area contributed by atoms with Gasteiger partial charge < -0.3 is 9.64 Å². The highest BCUT2D eigenvalue weighted by molar-refractivity contribution is 14.1. The maximum atomic E-state index is 13.0. The van der Waals surface area contributed by atoms with Gasteiger partial charge in [0.15, 0.2) is 0 Å². The number of para-hydroxylation sites is 1. The summed E-state index contributed by atoms with van der Waals surface area (Å²) in [6, 6.07) is 7.84. The number of fused-ring (bicyclic) bond motifs is 2. The number of ether oxygens (including phenoxy) is 1. The minimum atomic E-state index is -0.465. The molecule has 3 heterocycles. The second-order valence-corrected chi connectivity index (χ2v) is 8.33. The molecular formula is C19H17IN2O3. The molecule has 0 radical (unpaired) electrons. The van der Waals surface area contributed by atoms with Crippen LogP contribution in [0.5, 0.6) is 0 Å². The highest BCUT2D eigenvalue weighted by Crippen LogP contribution is 2.61. The summed E-state index contributed by atoms with van der Waals surface area (Å²) in [6.07, 6.45) is 4.73. The zero-order chi connectivity index (χ0) is 17.3. The molecule has 2 fully saturated rings. The predicted octanol–water partition coefficient (Wildman–Crippen LogP) is 3.49. The minimum absolute atomic E-state index is 0.116. The highest BCUT2D eigenvalue weighted by Gasteiger charge is 2.68. The van der Waals surface area contributed by atoms with Crippen molar-refractivity contribution in [1.29, 1.82) is 0 Å². The topological polar surface area (TPSA) is 49.9 Å². The van der Waals surface area contributed by atoms with Gasteiger partial charge in [-0.05, 0) is 41.1 Å². The summed E-state index contributed by atoms with van der Waals surface area (Å²) in [5.74, 6) is 0.124. The van der Waals surface area contributed by atoms with Crippen LogP contribution in [0.2, 0.25) is 0 Å². The number of carbonyl (C=O) groups is 2. The molecule has 1 aliphatic carbocycles. The van der Waals surface area contributed by atoms with Gasteiger partial charge >= 0.3 is 6.09 Å². The van der Waals surface area contributed by atoms with Crippen LogP contribution in [-0.2, 0) is 14.9 Å². The summed E-state index contributed by atoms with van der Waals surface area (Å²) in [7, 11) is 0. The van der Waals surface area contributed by atoms with E-state index in [1.165, 1.54) is 0 Å². The summed E-state index contributed by atoms with van der Waals surface area (Å²) in [4.78, 5) is 29.2. The molecule has 3 aliphatic heterocycles. The summed E-state index contributed by atoms with van der Waals surface area (Å²) in [5.41, 5.74) is 2.55. The molecule has 25 heavy (non-hydrogen) atoms. The number of benzene rings is 1. The smallest absolute Gasteiger partial charge is 0.415 e. The Bertz CT molecular complexity index is 877. The second-order valence-electron chi connectivity index (χ2n) is 6.94. The fourth-order valence-electron chi connectivity index (χ4n) is 4.94. The molecule has 0 N–H and O–H groups in total. The number of anilines is 1. The van der Waals surface area contributed by atoms with Crippen LogP contribution >= 0.6 is 22.6 Å². The Morgan fingerprint density at radius 1 is 1.40 bits per heavy atom. The second kappa shape index (κ2) is 5.09. The number of carbonyl (C=O) groups excluding carboxylic acids is 2. The Hall–Kier alpha value is -1.83. The zero-order valence-corrected chi connectivity index (χ0v) is 15.9. The van der Waals surface area contributed by atoms with Crippen molar-refractivity contribution in [2.45, 2.75) is 37.3 Å². The SMILES string of the molecule is C/C=C(\I)CN1C(=O)C[C@]23C1=CCC1OC(=O)N(c4ccccc42)[C@@H]13. The lowest BCUT2D eigenvalue weighted by atomic mass is 9.68. The van der Waals surface area contributed by atoms with Crippen LogP contribution in [-0.4, -0.2) is 35.6 Å². The molecular weight excluding hydrogens is 431 g/mol. The Balaban J connectivity index is 1.72. The number of halogens is 1. The van der Waals surface area contributed by atoms with Gasteiger partial charge in [0.1, 0.15) is 6.10 Å². The molecule has 3 atom stereocenters. The summed E-state index contributed by atoms with van der Waals surface area (Å²) in [5, 5.41) is 0. The van der Waals surface area contributed by atoms with Gasteiger partial charge in [0, 0.05) is 22.1 Å². The third kappa shape index (κ3) is 1.78. The van der Waals surface area contributed by atoms with E-state index in [4.69, 9.17) is 4.74 Å². The summed E-state index contributed by atoms with van der Waals surface area (Å²) < 4.78 is 6.76. The fourth-order valence-corrected chi connectivity index (χ4v) is 5.28. The van der Waals surface area contributed by atoms with Crippen molar-refractivity contribution in [3.63, 3.8) is 0 Å². The normalized spacial score (nSPS) is 32.4. The van der Waals surface area contributed by atoms with Crippen molar-refractivity contribution in [1.82, 2.24) is 4.90 Å². The van der Waals surface area contributed by atoms with E-state index in [0.717, 1.165) is 20.5 Å². The average molecular weight is 448 g/mol. The number of nitrogens with zero attached hydrogens (tertiary/aromatic N) is 2. The van der Waals surface area contributed by atoms with Crippen LogP contribution in [0, 0.1) is 0 Å². The van der Waals surface area contributed by atoms with Crippen molar-refractivity contribution in [2.24, 2.45) is 0 Å². The van der Waals surface area contributed by atoms with Gasteiger partial charge in [0.25, 0.3) is 0 Å². The van der Waals surface area contributed by atoms with Gasteiger partial charge in [0.2, 0.25) is 5.91 Å². The van der Waals surface area contributed by atoms with Gasteiger partial charge in [-0.25, -0.2) is 4.79 Å². The van der Waals surface area contributed by atoms with E-state index in [1.54, 1.807) is 4.90 Å². The van der Waals surface area contributed by atoms with E-state index in [2.05, 4.69) is 34.7 Å². The van der Waals surface area contributed by atoms with Crippen LogP contribution < -0.4 is 4.90 Å². The molecule has 5 nitrogen and oxygen atoms in total. The minimum Gasteiger partial charge on any atom is -0.443 e. The standard InChI is InChI=1S/C19H17IN2O3/c1-2-11(20)10-21-15-8-7-14-17-19(15,9-16(21)23)12-5-3-4-6-13(12)22(17)18(24)25-14/h2-6,8,14,17H,7,9-10H2,1H3/b11-2-/t14?,17-,19+/m0/s1. The fraction of sp³-hybridized carbons (Fsp3) is 0.368. The van der Waals surface area contributed by atoms with E-state index in [-0.39, 0.29) is 24.1 Å². The number of hydrogen-bond acceptors (Lipinski definition) is 3. The van der Waals surface area contributed by atoms with E-state index < -0.39 is 5.41 Å². The number of hydrogen-bond donors (Lipinski definition) is 0. The first kappa shape index (κ1) is 15.4. The highest BCUT2D eigenvalue weighted by atomic mass is 127. The molecule has 0 aromatic heterocycles. The molecule has 0 saturated carbocycles. The Morgan fingerprint density at radius 3 is 3.00 bits per heavy atom. The number of likely N-dealkylation sites (tertiary alicyclic amines) is 1. The lowest BCUT2D eigenvalue weighted by Gasteiger charge is -2.38. The molecule has 4 aliphatic rings. The molecule has 1 spiro atoms. The monoisotopic (exact) mass is 448 g/mol. The molecule has 2 amide bonds. The first-order chi connectivity index (χ1) is 12.1. The van der Waals surface area contributed by atoms with Crippen LogP contribution in [0.1, 0.15) is 25.3 Å². The van der Waals surface area contributed by atoms with E-state index in [1.807, 2.05) is 36.1 Å². The molecule has 0 bridgehead atoms. The van der Waals surface area contributed by atoms with E-state index >= 15 is 0 Å². The molecule has 128 valence electrons. The van der Waals surface area contributed by atoms with Crippen molar-refractivity contribution in [3.8, 4) is 0 Å². The zero-order valence-electron chi connectivity index (χ0n) is 13.7. The van der Waals surface area contributed by atoms with Crippen LogP contribution in [0.3, 0.4) is 0 Å². The van der Waals surface area contributed by atoms with Crippen molar-refractivity contribution in [3.05, 3.63) is 51.3 Å². The van der Waals surface area contributed by atoms with Gasteiger partial charge in [0.05, 0.1) is 23.7 Å². The van der Waals surface area contributed by atoms with Crippen LogP contribution in [0.15, 0.2) is 45.7 Å². The van der Waals surface area contributed by atoms with E-state index in [0.29, 0.717) is 19.4 Å². The Morgan fingerprint density at radius 2 is 2.20 bits per heavy atom. The largest absolute Gasteiger partial charge is 0.443 e. The predicted molar refractivity (Wildman–Crippen MR) is 101 cm³/mol. The lowest BCUT2D eigenvalue weighted by molar-refractivity contribution is -0.126. The molecule has 2 saturated heterocycles. The van der Waals surface area contributed by atoms with Gasteiger partial charge in [-0.1, -0.05) is 30.4 Å². The number of amides is 2.